The van der Waals surface area contributed by atoms with E-state index in [1.54, 1.807) is 12.1 Å². The minimum Gasteiger partial charge on any atom is -0.508 e. The molecule has 0 unspecified atom stereocenters. The number of aliphatic carboxylic acids is 1. The van der Waals surface area contributed by atoms with Crippen molar-refractivity contribution in [2.45, 2.75) is 115 Å². The number of nitrogens with two attached hydrogens (primary N) is 3. The van der Waals surface area contributed by atoms with Crippen LogP contribution in [0.25, 0.3) is 0 Å². The third-order valence-electron chi connectivity index (χ3n) is 7.94. The van der Waals surface area contributed by atoms with Gasteiger partial charge in [0.25, 0.3) is 0 Å². The third-order valence-corrected chi connectivity index (χ3v) is 7.94. The Balaban J connectivity index is 3.29. The molecule has 16 nitrogen and oxygen atoms in total. The zero-order valence-electron chi connectivity index (χ0n) is 30.0. The molecule has 0 spiro atoms. The lowest BCUT2D eigenvalue weighted by Crippen LogP contribution is -2.59. The van der Waals surface area contributed by atoms with Crippen LogP contribution in [0.5, 0.6) is 5.75 Å². The highest BCUT2D eigenvalue weighted by Crippen LogP contribution is 2.13. The number of benzene rings is 1. The summed E-state index contributed by atoms with van der Waals surface area (Å²) in [5.41, 5.74) is 17.5. The molecular weight excluding hydrogens is 660 g/mol. The van der Waals surface area contributed by atoms with Crippen molar-refractivity contribution in [2.24, 2.45) is 23.1 Å². The van der Waals surface area contributed by atoms with Crippen LogP contribution in [0.15, 0.2) is 36.9 Å². The van der Waals surface area contributed by atoms with E-state index < -0.39 is 71.8 Å². The molecule has 6 atom stereocenters. The molecule has 0 radical (unpaired) electrons. The highest BCUT2D eigenvalue weighted by molar-refractivity contribution is 5.96. The summed E-state index contributed by atoms with van der Waals surface area (Å²) in [5.74, 6) is -4.65. The SMILES string of the molecule is C=CC[C@H](NC(=O)[C@H](CCCCN)NC(=O)[C@H](CCCCN)NC(=O)[C@H](C)N)C(=O)N[C@H](Cc1ccc(O)cc1)C(=O)N[C@@H](CC(C)C)C(=O)O. The highest BCUT2D eigenvalue weighted by Gasteiger charge is 2.32. The summed E-state index contributed by atoms with van der Waals surface area (Å²) in [5, 5.41) is 32.5. The van der Waals surface area contributed by atoms with Crippen molar-refractivity contribution in [1.29, 1.82) is 0 Å². The van der Waals surface area contributed by atoms with E-state index in [4.69, 9.17) is 17.2 Å². The molecule has 0 saturated heterocycles. The van der Waals surface area contributed by atoms with Gasteiger partial charge in [0.2, 0.25) is 29.5 Å². The van der Waals surface area contributed by atoms with E-state index in [2.05, 4.69) is 33.2 Å². The highest BCUT2D eigenvalue weighted by atomic mass is 16.4. The van der Waals surface area contributed by atoms with Gasteiger partial charge in [-0.1, -0.05) is 32.1 Å². The van der Waals surface area contributed by atoms with Crippen LogP contribution in [-0.4, -0.2) is 95.1 Å². The molecule has 0 fully saturated rings. The molecule has 16 heteroatoms. The Morgan fingerprint density at radius 2 is 1.12 bits per heavy atom. The number of carbonyl (C=O) groups is 6. The lowest BCUT2D eigenvalue weighted by molar-refractivity contribution is -0.142. The number of carboxylic acid groups (broad SMARTS) is 1. The van der Waals surface area contributed by atoms with Gasteiger partial charge in [0.15, 0.2) is 0 Å². The number of aromatic hydroxyl groups is 1. The molecule has 13 N–H and O–H groups in total. The second-order valence-corrected chi connectivity index (χ2v) is 13.0. The molecule has 0 aliphatic heterocycles. The van der Waals surface area contributed by atoms with Gasteiger partial charge in [0.1, 0.15) is 36.0 Å². The average molecular weight is 719 g/mol. The predicted molar refractivity (Wildman–Crippen MR) is 193 cm³/mol. The van der Waals surface area contributed by atoms with Gasteiger partial charge in [-0.25, -0.2) is 4.79 Å². The van der Waals surface area contributed by atoms with E-state index in [0.29, 0.717) is 44.3 Å². The maximum atomic E-state index is 13.7. The third kappa shape index (κ3) is 17.3. The number of unbranched alkanes of at least 4 members (excludes halogenated alkanes) is 2. The van der Waals surface area contributed by atoms with E-state index >= 15 is 0 Å². The van der Waals surface area contributed by atoms with Gasteiger partial charge >= 0.3 is 5.97 Å². The van der Waals surface area contributed by atoms with Crippen LogP contribution in [0.4, 0.5) is 0 Å². The Bertz CT molecular complexity index is 1290. The van der Waals surface area contributed by atoms with Gasteiger partial charge in [0.05, 0.1) is 6.04 Å². The summed E-state index contributed by atoms with van der Waals surface area (Å²) in [6.45, 7) is 9.52. The molecule has 0 aliphatic carbocycles. The number of phenolic OH excluding ortho intramolecular Hbond substituents is 1. The quantitative estimate of drug-likeness (QED) is 0.0462. The molecular formula is C35H58N8O8. The maximum absolute atomic E-state index is 13.7. The van der Waals surface area contributed by atoms with Crippen LogP contribution >= 0.6 is 0 Å². The fourth-order valence-corrected chi connectivity index (χ4v) is 5.08. The number of carboxylic acids is 1. The van der Waals surface area contributed by atoms with E-state index in [1.807, 2.05) is 13.8 Å². The normalized spacial score (nSPS) is 14.6. The van der Waals surface area contributed by atoms with Gasteiger partial charge in [-0.2, -0.15) is 0 Å². The minimum absolute atomic E-state index is 0.00766. The van der Waals surface area contributed by atoms with Crippen molar-refractivity contribution in [2.75, 3.05) is 13.1 Å². The topological polar surface area (TPSA) is 281 Å². The van der Waals surface area contributed by atoms with Crippen LogP contribution in [0, 0.1) is 5.92 Å². The van der Waals surface area contributed by atoms with Gasteiger partial charge in [0, 0.05) is 6.42 Å². The van der Waals surface area contributed by atoms with Gasteiger partial charge < -0.3 is 54.0 Å². The van der Waals surface area contributed by atoms with Crippen molar-refractivity contribution in [3.05, 3.63) is 42.5 Å². The lowest BCUT2D eigenvalue weighted by atomic mass is 10.0. The summed E-state index contributed by atoms with van der Waals surface area (Å²) in [7, 11) is 0. The van der Waals surface area contributed by atoms with Gasteiger partial charge in [-0.15, -0.1) is 6.58 Å². The molecule has 1 aromatic carbocycles. The summed E-state index contributed by atoms with van der Waals surface area (Å²) >= 11 is 0. The van der Waals surface area contributed by atoms with Gasteiger partial charge in [-0.3, -0.25) is 24.0 Å². The zero-order valence-corrected chi connectivity index (χ0v) is 30.0. The number of rotatable bonds is 25. The van der Waals surface area contributed by atoms with Crippen molar-refractivity contribution in [3.8, 4) is 5.75 Å². The summed E-state index contributed by atoms with van der Waals surface area (Å²) in [6, 6.07) is -0.744. The fraction of sp³-hybridized carbons (Fsp3) is 0.600. The lowest BCUT2D eigenvalue weighted by Gasteiger charge is -2.27. The summed E-state index contributed by atoms with van der Waals surface area (Å²) in [4.78, 5) is 78.5. The molecule has 286 valence electrons. The molecule has 1 rings (SSSR count). The number of hydrogen-bond donors (Lipinski definition) is 10. The average Bonchev–Trinajstić information content (AvgIpc) is 3.07. The monoisotopic (exact) mass is 718 g/mol. The Morgan fingerprint density at radius 1 is 0.686 bits per heavy atom. The Kier molecular flexibility index (Phi) is 20.7. The van der Waals surface area contributed by atoms with E-state index in [9.17, 15) is 39.0 Å². The first-order valence-electron chi connectivity index (χ1n) is 17.4. The van der Waals surface area contributed by atoms with Crippen LogP contribution in [-0.2, 0) is 35.2 Å². The summed E-state index contributed by atoms with van der Waals surface area (Å²) in [6.07, 6.45) is 4.03. The van der Waals surface area contributed by atoms with E-state index in [-0.39, 0.29) is 43.8 Å². The van der Waals surface area contributed by atoms with Crippen LogP contribution in [0.1, 0.15) is 77.7 Å². The Hall–Kier alpha value is -4.54. The first kappa shape index (κ1) is 44.5. The number of hydrogen-bond acceptors (Lipinski definition) is 10. The van der Waals surface area contributed by atoms with Crippen molar-refractivity contribution >= 4 is 35.5 Å². The number of amides is 5. The predicted octanol–water partition coefficient (Wildman–Crippen LogP) is -0.329. The van der Waals surface area contributed by atoms with E-state index in [0.717, 1.165) is 0 Å². The molecule has 5 amide bonds. The van der Waals surface area contributed by atoms with Gasteiger partial charge in [-0.05, 0) is 95.0 Å². The number of carbonyl (C=O) groups excluding carboxylic acids is 5. The first-order valence-corrected chi connectivity index (χ1v) is 17.4. The molecule has 0 saturated carbocycles. The first-order chi connectivity index (χ1) is 24.1. The smallest absolute Gasteiger partial charge is 0.326 e. The van der Waals surface area contributed by atoms with E-state index in [1.165, 1.54) is 25.1 Å². The largest absolute Gasteiger partial charge is 0.508 e. The van der Waals surface area contributed by atoms with Crippen molar-refractivity contribution in [1.82, 2.24) is 26.6 Å². The molecule has 51 heavy (non-hydrogen) atoms. The molecule has 0 bridgehead atoms. The molecule has 0 aliphatic rings. The second kappa shape index (κ2) is 23.8. The second-order valence-electron chi connectivity index (χ2n) is 13.0. The Labute approximate surface area is 300 Å². The van der Waals surface area contributed by atoms with Crippen LogP contribution < -0.4 is 43.8 Å². The van der Waals surface area contributed by atoms with Crippen LogP contribution in [0.3, 0.4) is 0 Å². The maximum Gasteiger partial charge on any atom is 0.326 e. The molecule has 0 heterocycles. The minimum atomic E-state index is -1.26. The fourth-order valence-electron chi connectivity index (χ4n) is 5.08. The van der Waals surface area contributed by atoms with Crippen molar-refractivity contribution < 1.29 is 39.0 Å². The standard InChI is InChI=1S/C35H58N8O8/c1-5-10-25(31(46)42-28(20-23-13-15-24(44)16-14-23)34(49)43-29(35(50)51)19-21(2)3)40-33(48)27(12-7-9-18-37)41-32(47)26(11-6-8-17-36)39-30(45)22(4)38/h5,13-16,21-22,25-29,44H,1,6-12,17-20,36-38H2,2-4H3,(H,39,45)(H,40,48)(H,41,47)(H,42,46)(H,43,49)(H,50,51)/t22-,25-,26-,27-,28+,29-/m0/s1. The number of nitrogens with one attached hydrogen (secondary N) is 5. The number of phenols is 1. The summed E-state index contributed by atoms with van der Waals surface area (Å²) < 4.78 is 0. The van der Waals surface area contributed by atoms with Crippen molar-refractivity contribution in [3.63, 3.8) is 0 Å². The Morgan fingerprint density at radius 3 is 1.57 bits per heavy atom. The van der Waals surface area contributed by atoms with Crippen LogP contribution in [0.2, 0.25) is 0 Å². The molecule has 0 aromatic heterocycles. The zero-order chi connectivity index (χ0) is 38.5. The molecule has 1 aromatic rings.